The fourth-order valence-corrected chi connectivity index (χ4v) is 2.89. The van der Waals surface area contributed by atoms with E-state index in [1.54, 1.807) is 36.4 Å². The van der Waals surface area contributed by atoms with Crippen LogP contribution in [0.3, 0.4) is 0 Å². The van der Waals surface area contributed by atoms with Crippen LogP contribution in [-0.2, 0) is 10.0 Å². The van der Waals surface area contributed by atoms with Gasteiger partial charge in [-0.05, 0) is 60.7 Å². The van der Waals surface area contributed by atoms with Crippen LogP contribution in [0, 0.1) is 0 Å². The Balaban J connectivity index is 1.67. The monoisotopic (exact) mass is 355 g/mol. The van der Waals surface area contributed by atoms with Crippen molar-refractivity contribution in [3.63, 3.8) is 0 Å². The van der Waals surface area contributed by atoms with Crippen molar-refractivity contribution in [1.82, 2.24) is 4.57 Å². The maximum absolute atomic E-state index is 12.3. The minimum absolute atomic E-state index is 0.233. The van der Waals surface area contributed by atoms with Gasteiger partial charge in [-0.15, -0.1) is 0 Å². The Labute approximate surface area is 146 Å². The average molecular weight is 355 g/mol. The van der Waals surface area contributed by atoms with E-state index in [2.05, 4.69) is 10.0 Å². The molecule has 0 aliphatic rings. The van der Waals surface area contributed by atoms with E-state index in [1.807, 2.05) is 41.2 Å². The van der Waals surface area contributed by atoms with Crippen molar-refractivity contribution in [3.05, 3.63) is 78.6 Å². The number of amides is 1. The predicted octanol–water partition coefficient (Wildman–Crippen LogP) is 3.10. The Morgan fingerprint density at radius 1 is 0.880 bits per heavy atom. The minimum Gasteiger partial charge on any atom is -0.324 e. The van der Waals surface area contributed by atoms with Gasteiger partial charge in [-0.2, -0.15) is 0 Å². The van der Waals surface area contributed by atoms with Crippen LogP contribution in [0.2, 0.25) is 0 Å². The van der Waals surface area contributed by atoms with Gasteiger partial charge in [0.05, 0.1) is 6.26 Å². The molecule has 0 radical (unpaired) electrons. The maximum atomic E-state index is 12.3. The van der Waals surface area contributed by atoms with E-state index in [9.17, 15) is 13.2 Å². The molecule has 1 amide bonds. The van der Waals surface area contributed by atoms with Crippen molar-refractivity contribution in [2.45, 2.75) is 0 Å². The number of hydrogen-bond donors (Lipinski definition) is 2. The van der Waals surface area contributed by atoms with Gasteiger partial charge < -0.3 is 9.88 Å². The molecule has 1 aromatic heterocycles. The van der Waals surface area contributed by atoms with Gasteiger partial charge in [-0.3, -0.25) is 9.52 Å². The molecule has 1 heterocycles. The first-order chi connectivity index (χ1) is 11.9. The van der Waals surface area contributed by atoms with Crippen molar-refractivity contribution in [3.8, 4) is 5.69 Å². The highest BCUT2D eigenvalue weighted by Crippen LogP contribution is 2.16. The Kier molecular flexibility index (Phi) is 4.58. The summed E-state index contributed by atoms with van der Waals surface area (Å²) in [6.45, 7) is 0. The van der Waals surface area contributed by atoms with Crippen molar-refractivity contribution in [2.75, 3.05) is 16.3 Å². The summed E-state index contributed by atoms with van der Waals surface area (Å²) in [5.41, 5.74) is 2.53. The van der Waals surface area contributed by atoms with Crippen LogP contribution in [0.15, 0.2) is 73.1 Å². The van der Waals surface area contributed by atoms with Crippen LogP contribution in [0.4, 0.5) is 11.4 Å². The minimum atomic E-state index is -3.32. The zero-order valence-corrected chi connectivity index (χ0v) is 14.3. The summed E-state index contributed by atoms with van der Waals surface area (Å²) in [4.78, 5) is 12.3. The van der Waals surface area contributed by atoms with Gasteiger partial charge >= 0.3 is 0 Å². The van der Waals surface area contributed by atoms with E-state index >= 15 is 0 Å². The maximum Gasteiger partial charge on any atom is 0.255 e. The van der Waals surface area contributed by atoms with Crippen LogP contribution >= 0.6 is 0 Å². The molecule has 128 valence electrons. The quantitative estimate of drug-likeness (QED) is 0.738. The van der Waals surface area contributed by atoms with Crippen molar-refractivity contribution < 1.29 is 13.2 Å². The van der Waals surface area contributed by atoms with Crippen LogP contribution in [-0.4, -0.2) is 25.1 Å². The molecule has 0 saturated heterocycles. The third kappa shape index (κ3) is 4.48. The highest BCUT2D eigenvalue weighted by molar-refractivity contribution is 7.92. The topological polar surface area (TPSA) is 80.2 Å². The molecule has 3 rings (SSSR count). The molecule has 25 heavy (non-hydrogen) atoms. The summed E-state index contributed by atoms with van der Waals surface area (Å²) in [5.74, 6) is -0.233. The lowest BCUT2D eigenvalue weighted by Crippen LogP contribution is -2.12. The standard InChI is InChI=1S/C18H17N3O3S/c1-25(23,24)20-16-8-6-15(7-9-16)19-18(22)14-4-10-17(11-5-14)21-12-2-3-13-21/h2-13,20H,1H3,(H,19,22). The molecule has 2 N–H and O–H groups in total. The van der Waals surface area contributed by atoms with Gasteiger partial charge in [0.25, 0.3) is 5.91 Å². The van der Waals surface area contributed by atoms with Crippen LogP contribution in [0.1, 0.15) is 10.4 Å². The summed E-state index contributed by atoms with van der Waals surface area (Å²) in [5, 5.41) is 2.78. The van der Waals surface area contributed by atoms with Gasteiger partial charge in [-0.25, -0.2) is 8.42 Å². The van der Waals surface area contributed by atoms with Crippen molar-refractivity contribution in [2.24, 2.45) is 0 Å². The Morgan fingerprint density at radius 3 is 2.00 bits per heavy atom. The molecule has 0 saturated carbocycles. The van der Waals surface area contributed by atoms with Crippen LogP contribution < -0.4 is 10.0 Å². The van der Waals surface area contributed by atoms with E-state index in [0.29, 0.717) is 16.9 Å². The van der Waals surface area contributed by atoms with Gasteiger partial charge in [0.1, 0.15) is 0 Å². The number of carbonyl (C=O) groups excluding carboxylic acids is 1. The van der Waals surface area contributed by atoms with E-state index in [4.69, 9.17) is 0 Å². The first-order valence-corrected chi connectivity index (χ1v) is 9.42. The largest absolute Gasteiger partial charge is 0.324 e. The third-order valence-electron chi connectivity index (χ3n) is 3.48. The molecule has 0 unspecified atom stereocenters. The van der Waals surface area contributed by atoms with E-state index in [-0.39, 0.29) is 5.91 Å². The molecule has 2 aromatic carbocycles. The summed E-state index contributed by atoms with van der Waals surface area (Å²) in [6, 6.07) is 17.6. The lowest BCUT2D eigenvalue weighted by atomic mass is 10.2. The van der Waals surface area contributed by atoms with Gasteiger partial charge in [0.15, 0.2) is 0 Å². The van der Waals surface area contributed by atoms with Crippen LogP contribution in [0.25, 0.3) is 5.69 Å². The summed E-state index contributed by atoms with van der Waals surface area (Å²) in [6.07, 6.45) is 4.95. The van der Waals surface area contributed by atoms with Crippen molar-refractivity contribution >= 4 is 27.3 Å². The first-order valence-electron chi connectivity index (χ1n) is 7.53. The number of benzene rings is 2. The van der Waals surface area contributed by atoms with E-state index in [0.717, 1.165) is 11.9 Å². The Morgan fingerprint density at radius 2 is 1.44 bits per heavy atom. The Bertz CT molecular complexity index is 961. The fraction of sp³-hybridized carbons (Fsp3) is 0.0556. The average Bonchev–Trinajstić information content (AvgIpc) is 3.10. The molecule has 7 heteroatoms. The summed E-state index contributed by atoms with van der Waals surface area (Å²) in [7, 11) is -3.32. The summed E-state index contributed by atoms with van der Waals surface area (Å²) >= 11 is 0. The molecule has 0 aliphatic heterocycles. The molecule has 0 bridgehead atoms. The van der Waals surface area contributed by atoms with E-state index in [1.165, 1.54) is 0 Å². The first kappa shape index (κ1) is 16.8. The molecule has 0 spiro atoms. The normalized spacial score (nSPS) is 11.1. The number of nitrogens with zero attached hydrogens (tertiary/aromatic N) is 1. The van der Waals surface area contributed by atoms with Crippen LogP contribution in [0.5, 0.6) is 0 Å². The number of nitrogens with one attached hydrogen (secondary N) is 2. The lowest BCUT2D eigenvalue weighted by Gasteiger charge is -2.08. The molecular weight excluding hydrogens is 338 g/mol. The molecule has 0 aliphatic carbocycles. The second kappa shape index (κ2) is 6.82. The zero-order valence-electron chi connectivity index (χ0n) is 13.5. The number of hydrogen-bond acceptors (Lipinski definition) is 3. The SMILES string of the molecule is CS(=O)(=O)Nc1ccc(NC(=O)c2ccc(-n3cccc3)cc2)cc1. The highest BCUT2D eigenvalue weighted by Gasteiger charge is 2.07. The zero-order chi connectivity index (χ0) is 17.9. The summed E-state index contributed by atoms with van der Waals surface area (Å²) < 4.78 is 26.7. The molecule has 0 fully saturated rings. The second-order valence-corrected chi connectivity index (χ2v) is 7.29. The van der Waals surface area contributed by atoms with Gasteiger partial charge in [-0.1, -0.05) is 0 Å². The smallest absolute Gasteiger partial charge is 0.255 e. The molecular formula is C18H17N3O3S. The predicted molar refractivity (Wildman–Crippen MR) is 98.6 cm³/mol. The molecule has 0 atom stereocenters. The fourth-order valence-electron chi connectivity index (χ4n) is 2.33. The number of sulfonamides is 1. The van der Waals surface area contributed by atoms with Gasteiger partial charge in [0, 0.05) is 35.0 Å². The number of carbonyl (C=O) groups is 1. The Hall–Kier alpha value is -3.06. The third-order valence-corrected chi connectivity index (χ3v) is 4.08. The van der Waals surface area contributed by atoms with Gasteiger partial charge in [0.2, 0.25) is 10.0 Å². The number of aromatic nitrogens is 1. The van der Waals surface area contributed by atoms with Crippen molar-refractivity contribution in [1.29, 1.82) is 0 Å². The molecule has 6 nitrogen and oxygen atoms in total. The second-order valence-electron chi connectivity index (χ2n) is 5.54. The highest BCUT2D eigenvalue weighted by atomic mass is 32.2. The lowest BCUT2D eigenvalue weighted by molar-refractivity contribution is 0.102. The number of anilines is 2. The van der Waals surface area contributed by atoms with E-state index < -0.39 is 10.0 Å². The molecule has 3 aromatic rings. The number of rotatable bonds is 5.